The van der Waals surface area contributed by atoms with Gasteiger partial charge in [-0.05, 0) is 29.8 Å². The number of methoxy groups -OCH3 is 1. The van der Waals surface area contributed by atoms with Gasteiger partial charge in [-0.25, -0.2) is 0 Å². The Morgan fingerprint density at radius 2 is 1.85 bits per heavy atom. The van der Waals surface area contributed by atoms with Gasteiger partial charge in [-0.1, -0.05) is 35.3 Å². The third-order valence-electron chi connectivity index (χ3n) is 2.81. The number of aliphatic hydroxyl groups is 1. The predicted molar refractivity (Wildman–Crippen MR) is 79.7 cm³/mol. The molecular weight excluding hydrogens is 299 g/mol. The molecule has 3 nitrogen and oxygen atoms in total. The molecule has 0 amide bonds. The van der Waals surface area contributed by atoms with Crippen LogP contribution in [0, 0.1) is 0 Å². The van der Waals surface area contributed by atoms with E-state index in [9.17, 15) is 0 Å². The molecule has 106 valence electrons. The van der Waals surface area contributed by atoms with Gasteiger partial charge in [0.25, 0.3) is 0 Å². The quantitative estimate of drug-likeness (QED) is 0.904. The first-order valence-electron chi connectivity index (χ1n) is 5.98. The van der Waals surface area contributed by atoms with E-state index in [1.54, 1.807) is 37.4 Å². The normalized spacial score (nSPS) is 10.4. The van der Waals surface area contributed by atoms with Crippen molar-refractivity contribution in [1.82, 2.24) is 0 Å². The van der Waals surface area contributed by atoms with Gasteiger partial charge in [0.05, 0.1) is 13.7 Å². The lowest BCUT2D eigenvalue weighted by Crippen LogP contribution is -1.99. The van der Waals surface area contributed by atoms with Crippen LogP contribution in [0.4, 0.5) is 0 Å². The zero-order valence-corrected chi connectivity index (χ0v) is 12.4. The van der Waals surface area contributed by atoms with Crippen molar-refractivity contribution in [3.63, 3.8) is 0 Å². The molecule has 0 saturated heterocycles. The van der Waals surface area contributed by atoms with E-state index in [4.69, 9.17) is 37.8 Å². The molecular formula is C15H14Cl2O3. The Kier molecular flexibility index (Phi) is 5.12. The maximum absolute atomic E-state index is 9.15. The predicted octanol–water partition coefficient (Wildman–Crippen LogP) is 4.07. The standard InChI is InChI=1S/C15H14Cl2O3/c1-19-14-5-2-10(8-18)6-15(14)20-9-11-3-4-12(16)7-13(11)17/h2-7,18H,8-9H2,1H3. The number of hydrogen-bond donors (Lipinski definition) is 1. The zero-order chi connectivity index (χ0) is 14.5. The highest BCUT2D eigenvalue weighted by Crippen LogP contribution is 2.30. The zero-order valence-electron chi connectivity index (χ0n) is 10.9. The van der Waals surface area contributed by atoms with E-state index in [2.05, 4.69) is 0 Å². The molecule has 2 aromatic rings. The van der Waals surface area contributed by atoms with Gasteiger partial charge in [0.1, 0.15) is 6.61 Å². The van der Waals surface area contributed by atoms with Crippen LogP contribution in [0.25, 0.3) is 0 Å². The number of aliphatic hydroxyl groups excluding tert-OH is 1. The summed E-state index contributed by atoms with van der Waals surface area (Å²) in [6.07, 6.45) is 0. The molecule has 0 aliphatic carbocycles. The molecule has 0 saturated carbocycles. The number of halogens is 2. The van der Waals surface area contributed by atoms with Gasteiger partial charge in [-0.15, -0.1) is 0 Å². The van der Waals surface area contributed by atoms with Crippen molar-refractivity contribution in [2.24, 2.45) is 0 Å². The monoisotopic (exact) mass is 312 g/mol. The van der Waals surface area contributed by atoms with Gasteiger partial charge in [0, 0.05) is 15.6 Å². The van der Waals surface area contributed by atoms with Crippen LogP contribution in [0.2, 0.25) is 10.0 Å². The summed E-state index contributed by atoms with van der Waals surface area (Å²) < 4.78 is 10.9. The fourth-order valence-electron chi connectivity index (χ4n) is 1.73. The van der Waals surface area contributed by atoms with Crippen LogP contribution in [0.3, 0.4) is 0 Å². The fraction of sp³-hybridized carbons (Fsp3) is 0.200. The molecule has 0 bridgehead atoms. The molecule has 0 aliphatic rings. The number of benzene rings is 2. The number of hydrogen-bond acceptors (Lipinski definition) is 3. The third-order valence-corrected chi connectivity index (χ3v) is 3.40. The minimum atomic E-state index is -0.0535. The molecule has 2 rings (SSSR count). The molecule has 0 spiro atoms. The lowest BCUT2D eigenvalue weighted by Gasteiger charge is -2.12. The molecule has 0 aliphatic heterocycles. The highest BCUT2D eigenvalue weighted by molar-refractivity contribution is 6.35. The fourth-order valence-corrected chi connectivity index (χ4v) is 2.19. The Balaban J connectivity index is 2.17. The highest BCUT2D eigenvalue weighted by atomic mass is 35.5. The Morgan fingerprint density at radius 1 is 1.05 bits per heavy atom. The summed E-state index contributed by atoms with van der Waals surface area (Å²) in [5.41, 5.74) is 1.58. The van der Waals surface area contributed by atoms with E-state index in [1.165, 1.54) is 0 Å². The highest BCUT2D eigenvalue weighted by Gasteiger charge is 2.08. The summed E-state index contributed by atoms with van der Waals surface area (Å²) in [6, 6.07) is 10.5. The number of ether oxygens (including phenoxy) is 2. The van der Waals surface area contributed by atoms with E-state index >= 15 is 0 Å². The summed E-state index contributed by atoms with van der Waals surface area (Å²) in [5.74, 6) is 1.16. The Hall–Kier alpha value is -1.42. The molecule has 0 aromatic heterocycles. The first-order chi connectivity index (χ1) is 9.63. The van der Waals surface area contributed by atoms with Crippen molar-refractivity contribution in [1.29, 1.82) is 0 Å². The van der Waals surface area contributed by atoms with Crippen LogP contribution in [-0.2, 0) is 13.2 Å². The van der Waals surface area contributed by atoms with Crippen molar-refractivity contribution < 1.29 is 14.6 Å². The topological polar surface area (TPSA) is 38.7 Å². The lowest BCUT2D eigenvalue weighted by molar-refractivity contribution is 0.272. The lowest BCUT2D eigenvalue weighted by atomic mass is 10.2. The van der Waals surface area contributed by atoms with Crippen LogP contribution in [0.15, 0.2) is 36.4 Å². The minimum Gasteiger partial charge on any atom is -0.493 e. The molecule has 0 radical (unpaired) electrons. The van der Waals surface area contributed by atoms with E-state index in [-0.39, 0.29) is 6.61 Å². The third kappa shape index (κ3) is 3.57. The molecule has 0 fully saturated rings. The van der Waals surface area contributed by atoms with Gasteiger partial charge < -0.3 is 14.6 Å². The van der Waals surface area contributed by atoms with Gasteiger partial charge in [-0.2, -0.15) is 0 Å². The summed E-state index contributed by atoms with van der Waals surface area (Å²) in [6.45, 7) is 0.239. The Bertz CT molecular complexity index is 600. The van der Waals surface area contributed by atoms with Crippen molar-refractivity contribution >= 4 is 23.2 Å². The summed E-state index contributed by atoms with van der Waals surface area (Å²) in [7, 11) is 1.57. The van der Waals surface area contributed by atoms with Gasteiger partial charge in [0.15, 0.2) is 11.5 Å². The molecule has 5 heteroatoms. The van der Waals surface area contributed by atoms with Crippen molar-refractivity contribution in [2.45, 2.75) is 13.2 Å². The van der Waals surface area contributed by atoms with Gasteiger partial charge in [0.2, 0.25) is 0 Å². The van der Waals surface area contributed by atoms with E-state index in [0.717, 1.165) is 11.1 Å². The Labute approximate surface area is 127 Å². The molecule has 20 heavy (non-hydrogen) atoms. The van der Waals surface area contributed by atoms with Crippen LogP contribution >= 0.6 is 23.2 Å². The largest absolute Gasteiger partial charge is 0.493 e. The molecule has 2 aromatic carbocycles. The molecule has 0 atom stereocenters. The van der Waals surface area contributed by atoms with E-state index in [0.29, 0.717) is 28.2 Å². The minimum absolute atomic E-state index is 0.0535. The second kappa shape index (κ2) is 6.84. The summed E-state index contributed by atoms with van der Waals surface area (Å²) in [5, 5.41) is 10.3. The molecule has 1 N–H and O–H groups in total. The first kappa shape index (κ1) is 15.0. The van der Waals surface area contributed by atoms with Gasteiger partial charge >= 0.3 is 0 Å². The van der Waals surface area contributed by atoms with E-state index in [1.807, 2.05) is 6.07 Å². The van der Waals surface area contributed by atoms with Gasteiger partial charge in [-0.3, -0.25) is 0 Å². The second-order valence-corrected chi connectivity index (χ2v) is 5.01. The van der Waals surface area contributed by atoms with E-state index < -0.39 is 0 Å². The number of rotatable bonds is 5. The van der Waals surface area contributed by atoms with Crippen LogP contribution in [-0.4, -0.2) is 12.2 Å². The smallest absolute Gasteiger partial charge is 0.162 e. The Morgan fingerprint density at radius 3 is 2.50 bits per heavy atom. The van der Waals surface area contributed by atoms with Crippen LogP contribution < -0.4 is 9.47 Å². The van der Waals surface area contributed by atoms with Crippen LogP contribution in [0.5, 0.6) is 11.5 Å². The maximum Gasteiger partial charge on any atom is 0.162 e. The van der Waals surface area contributed by atoms with Crippen molar-refractivity contribution in [2.75, 3.05) is 7.11 Å². The maximum atomic E-state index is 9.15. The summed E-state index contributed by atoms with van der Waals surface area (Å²) >= 11 is 11.9. The van der Waals surface area contributed by atoms with Crippen molar-refractivity contribution in [3.8, 4) is 11.5 Å². The van der Waals surface area contributed by atoms with Crippen molar-refractivity contribution in [3.05, 3.63) is 57.6 Å². The average Bonchev–Trinajstić information content (AvgIpc) is 2.46. The summed E-state index contributed by atoms with van der Waals surface area (Å²) in [4.78, 5) is 0. The molecule has 0 unspecified atom stereocenters. The second-order valence-electron chi connectivity index (χ2n) is 4.17. The molecule has 0 heterocycles. The average molecular weight is 313 g/mol. The first-order valence-corrected chi connectivity index (χ1v) is 6.74. The van der Waals surface area contributed by atoms with Crippen LogP contribution in [0.1, 0.15) is 11.1 Å². The SMILES string of the molecule is COc1ccc(CO)cc1OCc1ccc(Cl)cc1Cl.